The van der Waals surface area contributed by atoms with E-state index in [9.17, 15) is 0 Å². The van der Waals surface area contributed by atoms with Crippen molar-refractivity contribution < 1.29 is 9.47 Å². The number of pyridine rings is 1. The summed E-state index contributed by atoms with van der Waals surface area (Å²) in [6, 6.07) is 6.21. The number of nitrogen functional groups attached to an aromatic ring is 1. The largest absolute Gasteiger partial charge is 0.493 e. The Bertz CT molecular complexity index is 1180. The van der Waals surface area contributed by atoms with Crippen LogP contribution in [-0.2, 0) is 0 Å². The van der Waals surface area contributed by atoms with Crippen molar-refractivity contribution in [2.45, 2.75) is 38.1 Å². The molecule has 0 saturated heterocycles. The van der Waals surface area contributed by atoms with Gasteiger partial charge in [-0.3, -0.25) is 4.68 Å². The normalized spacial score (nSPS) is 14.8. The Labute approximate surface area is 180 Å². The number of imidazole rings is 1. The van der Waals surface area contributed by atoms with Crippen LogP contribution in [0.2, 0.25) is 0 Å². The molecule has 5 rings (SSSR count). The first-order chi connectivity index (χ1) is 15.2. The van der Waals surface area contributed by atoms with Gasteiger partial charge in [0.25, 0.3) is 0 Å². The standard InChI is InChI=1S/C23H26N6O2/c1-30-20-9-18-19(10-21(20)31-2)28-23(27-18)17-8-14(11-25-22(17)24)15-12-26-29(13-15)16-6-4-3-5-7-16/h8-13,16H,3-7H2,1-2H3,(H2,24,25)(H,27,28). The Morgan fingerprint density at radius 1 is 1.00 bits per heavy atom. The van der Waals surface area contributed by atoms with Gasteiger partial charge < -0.3 is 20.2 Å². The van der Waals surface area contributed by atoms with Gasteiger partial charge in [-0.2, -0.15) is 5.10 Å². The highest BCUT2D eigenvalue weighted by molar-refractivity contribution is 5.85. The maximum atomic E-state index is 6.21. The van der Waals surface area contributed by atoms with Crippen molar-refractivity contribution in [1.29, 1.82) is 0 Å². The molecule has 1 aliphatic rings. The topological polar surface area (TPSA) is 104 Å². The van der Waals surface area contributed by atoms with E-state index in [1.165, 1.54) is 32.1 Å². The van der Waals surface area contributed by atoms with E-state index in [0.717, 1.165) is 27.7 Å². The molecule has 1 saturated carbocycles. The summed E-state index contributed by atoms with van der Waals surface area (Å²) in [6.45, 7) is 0. The molecule has 1 aromatic carbocycles. The Kier molecular flexibility index (Phi) is 4.97. The molecule has 8 heteroatoms. The van der Waals surface area contributed by atoms with Crippen LogP contribution in [0.15, 0.2) is 36.8 Å². The Balaban J connectivity index is 1.51. The van der Waals surface area contributed by atoms with E-state index in [4.69, 9.17) is 20.2 Å². The average molecular weight is 419 g/mol. The third-order valence-electron chi connectivity index (χ3n) is 6.04. The van der Waals surface area contributed by atoms with Crippen molar-refractivity contribution in [2.75, 3.05) is 20.0 Å². The van der Waals surface area contributed by atoms with Gasteiger partial charge in [0.05, 0.1) is 43.1 Å². The van der Waals surface area contributed by atoms with Gasteiger partial charge >= 0.3 is 0 Å². The number of aromatic amines is 1. The summed E-state index contributed by atoms with van der Waals surface area (Å²) in [7, 11) is 3.22. The van der Waals surface area contributed by atoms with Crippen LogP contribution in [0.4, 0.5) is 5.82 Å². The van der Waals surface area contributed by atoms with Gasteiger partial charge in [-0.1, -0.05) is 19.3 Å². The predicted molar refractivity (Wildman–Crippen MR) is 120 cm³/mol. The molecule has 0 radical (unpaired) electrons. The first kappa shape index (κ1) is 19.4. The molecule has 1 fully saturated rings. The monoisotopic (exact) mass is 418 g/mol. The van der Waals surface area contributed by atoms with Gasteiger partial charge in [-0.25, -0.2) is 9.97 Å². The minimum Gasteiger partial charge on any atom is -0.493 e. The number of anilines is 1. The zero-order chi connectivity index (χ0) is 21.4. The summed E-state index contributed by atoms with van der Waals surface area (Å²) in [5.74, 6) is 2.33. The number of aromatic nitrogens is 5. The summed E-state index contributed by atoms with van der Waals surface area (Å²) < 4.78 is 12.9. The van der Waals surface area contributed by atoms with E-state index in [1.807, 2.05) is 24.4 Å². The minimum atomic E-state index is 0.418. The number of ether oxygens (including phenoxy) is 2. The van der Waals surface area contributed by atoms with E-state index in [-0.39, 0.29) is 0 Å². The van der Waals surface area contributed by atoms with Crippen molar-refractivity contribution in [3.05, 3.63) is 36.8 Å². The number of hydrogen-bond acceptors (Lipinski definition) is 6. The molecule has 0 unspecified atom stereocenters. The number of methoxy groups -OCH3 is 2. The molecule has 0 atom stereocenters. The SMILES string of the molecule is COc1cc2nc(-c3cc(-c4cnn(C5CCCCC5)c4)cnc3N)[nH]c2cc1OC. The molecule has 3 heterocycles. The van der Waals surface area contributed by atoms with Crippen LogP contribution in [0.3, 0.4) is 0 Å². The number of hydrogen-bond donors (Lipinski definition) is 2. The summed E-state index contributed by atoms with van der Waals surface area (Å²) >= 11 is 0. The molecule has 0 aliphatic heterocycles. The van der Waals surface area contributed by atoms with E-state index < -0.39 is 0 Å². The Morgan fingerprint density at radius 3 is 2.55 bits per heavy atom. The van der Waals surface area contributed by atoms with Crippen molar-refractivity contribution >= 4 is 16.9 Å². The van der Waals surface area contributed by atoms with Crippen LogP contribution in [0, 0.1) is 0 Å². The molecule has 31 heavy (non-hydrogen) atoms. The second-order valence-corrected chi connectivity index (χ2v) is 7.97. The zero-order valence-corrected chi connectivity index (χ0v) is 17.8. The molecule has 0 spiro atoms. The molecule has 3 N–H and O–H groups in total. The molecular formula is C23H26N6O2. The van der Waals surface area contributed by atoms with E-state index >= 15 is 0 Å². The van der Waals surface area contributed by atoms with Crippen molar-refractivity contribution in [3.63, 3.8) is 0 Å². The first-order valence-electron chi connectivity index (χ1n) is 10.6. The molecule has 4 aromatic rings. The molecule has 0 amide bonds. The van der Waals surface area contributed by atoms with Gasteiger partial charge in [0.15, 0.2) is 11.5 Å². The predicted octanol–water partition coefficient (Wildman–Crippen LogP) is 4.59. The molecule has 0 bridgehead atoms. The zero-order valence-electron chi connectivity index (χ0n) is 17.8. The maximum absolute atomic E-state index is 6.21. The summed E-state index contributed by atoms with van der Waals surface area (Å²) in [5, 5.41) is 4.62. The van der Waals surface area contributed by atoms with Gasteiger partial charge in [-0.15, -0.1) is 0 Å². The van der Waals surface area contributed by atoms with Crippen molar-refractivity contribution in [1.82, 2.24) is 24.7 Å². The number of nitrogens with zero attached hydrogens (tertiary/aromatic N) is 4. The summed E-state index contributed by atoms with van der Waals surface area (Å²) in [5.41, 5.74) is 10.6. The third-order valence-corrected chi connectivity index (χ3v) is 6.04. The van der Waals surface area contributed by atoms with E-state index in [2.05, 4.69) is 25.9 Å². The summed E-state index contributed by atoms with van der Waals surface area (Å²) in [4.78, 5) is 12.5. The lowest BCUT2D eigenvalue weighted by Crippen LogP contribution is -2.12. The number of nitrogens with one attached hydrogen (secondary N) is 1. The minimum absolute atomic E-state index is 0.418. The van der Waals surface area contributed by atoms with Crippen LogP contribution in [0.25, 0.3) is 33.5 Å². The molecule has 3 aromatic heterocycles. The number of rotatable bonds is 5. The lowest BCUT2D eigenvalue weighted by atomic mass is 9.96. The number of fused-ring (bicyclic) bond motifs is 1. The van der Waals surface area contributed by atoms with Crippen LogP contribution in [0.5, 0.6) is 11.5 Å². The molecule has 160 valence electrons. The second kappa shape index (κ2) is 7.94. The second-order valence-electron chi connectivity index (χ2n) is 7.97. The highest BCUT2D eigenvalue weighted by Crippen LogP contribution is 2.35. The fourth-order valence-corrected chi connectivity index (χ4v) is 4.32. The van der Waals surface area contributed by atoms with Crippen LogP contribution in [0.1, 0.15) is 38.1 Å². The lowest BCUT2D eigenvalue weighted by molar-refractivity contribution is 0.329. The number of nitrogens with two attached hydrogens (primary N) is 1. The van der Waals surface area contributed by atoms with Crippen LogP contribution < -0.4 is 15.2 Å². The fraction of sp³-hybridized carbons (Fsp3) is 0.348. The fourth-order valence-electron chi connectivity index (χ4n) is 4.32. The highest BCUT2D eigenvalue weighted by Gasteiger charge is 2.18. The molecule has 1 aliphatic carbocycles. The van der Waals surface area contributed by atoms with Crippen molar-refractivity contribution in [2.24, 2.45) is 0 Å². The van der Waals surface area contributed by atoms with Gasteiger partial charge in [0, 0.05) is 35.7 Å². The lowest BCUT2D eigenvalue weighted by Gasteiger charge is -2.21. The first-order valence-corrected chi connectivity index (χ1v) is 10.6. The van der Waals surface area contributed by atoms with Gasteiger partial charge in [0.2, 0.25) is 0 Å². The van der Waals surface area contributed by atoms with Crippen molar-refractivity contribution in [3.8, 4) is 34.0 Å². The quantitative estimate of drug-likeness (QED) is 0.491. The number of H-pyrrole nitrogens is 1. The summed E-state index contributed by atoms with van der Waals surface area (Å²) in [6.07, 6.45) is 12.1. The highest BCUT2D eigenvalue weighted by atomic mass is 16.5. The number of benzene rings is 1. The Hall–Kier alpha value is -3.55. The molecule has 8 nitrogen and oxygen atoms in total. The Morgan fingerprint density at radius 2 is 1.77 bits per heavy atom. The van der Waals surface area contributed by atoms with E-state index in [0.29, 0.717) is 29.2 Å². The van der Waals surface area contributed by atoms with Gasteiger partial charge in [0.1, 0.15) is 11.6 Å². The van der Waals surface area contributed by atoms with Crippen LogP contribution in [-0.4, -0.2) is 39.0 Å². The smallest absolute Gasteiger partial charge is 0.163 e. The van der Waals surface area contributed by atoms with Crippen LogP contribution >= 0.6 is 0 Å². The maximum Gasteiger partial charge on any atom is 0.163 e. The van der Waals surface area contributed by atoms with E-state index in [1.54, 1.807) is 20.4 Å². The molecular weight excluding hydrogens is 392 g/mol. The third kappa shape index (κ3) is 3.58. The van der Waals surface area contributed by atoms with Gasteiger partial charge in [-0.05, 0) is 18.9 Å². The average Bonchev–Trinajstić information content (AvgIpc) is 3.46.